The van der Waals surface area contributed by atoms with Crippen LogP contribution in [0.4, 0.5) is 0 Å². The molecule has 0 radical (unpaired) electrons. The second-order valence-electron chi connectivity index (χ2n) is 5.35. The number of methoxy groups -OCH3 is 1. The van der Waals surface area contributed by atoms with Crippen LogP contribution in [-0.4, -0.2) is 52.0 Å². The third-order valence-electron chi connectivity index (χ3n) is 3.63. The minimum Gasteiger partial charge on any atom is -0.478 e. The van der Waals surface area contributed by atoms with E-state index in [-0.39, 0.29) is 12.1 Å². The lowest BCUT2D eigenvalue weighted by Gasteiger charge is -2.39. The third-order valence-corrected chi connectivity index (χ3v) is 5.89. The van der Waals surface area contributed by atoms with Crippen molar-refractivity contribution in [2.45, 2.75) is 24.4 Å². The number of hydrogen-bond acceptors (Lipinski definition) is 7. The third kappa shape index (κ3) is 4.14. The summed E-state index contributed by atoms with van der Waals surface area (Å²) in [5, 5.41) is 24.8. The zero-order valence-corrected chi connectivity index (χ0v) is 15.2. The maximum Gasteiger partial charge on any atom is 0.360 e. The first-order valence-corrected chi connectivity index (χ1v) is 9.16. The molecule has 0 aliphatic carbocycles. The Morgan fingerprint density at radius 1 is 1.44 bits per heavy atom. The largest absolute Gasteiger partial charge is 0.478 e. The Kier molecular flexibility index (Phi) is 6.09. The fourth-order valence-corrected chi connectivity index (χ4v) is 4.30. The van der Waals surface area contributed by atoms with Gasteiger partial charge in [-0.3, -0.25) is 4.79 Å². The summed E-state index contributed by atoms with van der Waals surface area (Å²) in [6.07, 6.45) is 0.00803. The number of aliphatic carboxylic acids is 2. The average Bonchev–Trinajstić information content (AvgIpc) is 3.05. The van der Waals surface area contributed by atoms with E-state index >= 15 is 0 Å². The van der Waals surface area contributed by atoms with E-state index in [0.29, 0.717) is 11.3 Å². The summed E-state index contributed by atoms with van der Waals surface area (Å²) in [6.45, 7) is 1.64. The normalized spacial score (nSPS) is 19.7. The predicted molar refractivity (Wildman–Crippen MR) is 93.3 cm³/mol. The van der Waals surface area contributed by atoms with Gasteiger partial charge in [0.15, 0.2) is 0 Å². The number of carbonyl (C=O) groups is 3. The Morgan fingerprint density at radius 2 is 2.16 bits per heavy atom. The summed E-state index contributed by atoms with van der Waals surface area (Å²) in [5.41, 5.74) is -1.60. The highest BCUT2D eigenvalue weighted by Gasteiger charge is 2.50. The van der Waals surface area contributed by atoms with Gasteiger partial charge in [0.25, 0.3) is 5.72 Å². The van der Waals surface area contributed by atoms with E-state index < -0.39 is 28.9 Å². The second kappa shape index (κ2) is 7.89. The quantitative estimate of drug-likeness (QED) is 0.509. The van der Waals surface area contributed by atoms with Crippen LogP contribution in [0, 0.1) is 0 Å². The van der Waals surface area contributed by atoms with Gasteiger partial charge in [0.05, 0.1) is 6.42 Å². The fraction of sp³-hybridized carbons (Fsp3) is 0.400. The van der Waals surface area contributed by atoms with E-state index in [1.165, 1.54) is 11.3 Å². The number of carboxylic acids is 2. The van der Waals surface area contributed by atoms with Gasteiger partial charge in [-0.05, 0) is 23.9 Å². The minimum absolute atomic E-state index is 0.00803. The van der Waals surface area contributed by atoms with Crippen LogP contribution in [0.2, 0.25) is 0 Å². The smallest absolute Gasteiger partial charge is 0.360 e. The Hall–Kier alpha value is -2.04. The van der Waals surface area contributed by atoms with Crippen LogP contribution in [-0.2, 0) is 25.5 Å². The number of ether oxygens (including phenoxy) is 1. The average molecular weight is 386 g/mol. The van der Waals surface area contributed by atoms with E-state index in [0.717, 1.165) is 23.7 Å². The van der Waals surface area contributed by atoms with Crippen molar-refractivity contribution in [1.82, 2.24) is 10.6 Å². The molecule has 1 aliphatic heterocycles. The lowest BCUT2D eigenvalue weighted by atomic mass is 10.1. The van der Waals surface area contributed by atoms with Gasteiger partial charge in [-0.1, -0.05) is 6.07 Å². The van der Waals surface area contributed by atoms with E-state index in [4.69, 9.17) is 4.74 Å². The maximum atomic E-state index is 12.3. The number of carboxylic acid groups (broad SMARTS) is 2. The molecular weight excluding hydrogens is 368 g/mol. The lowest BCUT2D eigenvalue weighted by Crippen LogP contribution is -2.67. The predicted octanol–water partition coefficient (Wildman–Crippen LogP) is 0.855. The van der Waals surface area contributed by atoms with Crippen molar-refractivity contribution in [2.24, 2.45) is 0 Å². The van der Waals surface area contributed by atoms with Crippen molar-refractivity contribution in [3.05, 3.63) is 33.7 Å². The highest BCUT2D eigenvalue weighted by Crippen LogP contribution is 2.30. The molecule has 10 heteroatoms. The second-order valence-corrected chi connectivity index (χ2v) is 7.47. The summed E-state index contributed by atoms with van der Waals surface area (Å²) in [6, 6.07) is 3.56. The van der Waals surface area contributed by atoms with Crippen LogP contribution < -0.4 is 10.6 Å². The molecule has 1 aliphatic rings. The molecule has 136 valence electrons. The number of rotatable bonds is 7. The molecule has 2 rings (SSSR count). The zero-order chi connectivity index (χ0) is 18.6. The zero-order valence-electron chi connectivity index (χ0n) is 13.6. The van der Waals surface area contributed by atoms with Crippen LogP contribution >= 0.6 is 23.1 Å². The number of thioether (sulfide) groups is 1. The van der Waals surface area contributed by atoms with Gasteiger partial charge in [-0.15, -0.1) is 23.1 Å². The minimum atomic E-state index is -2.10. The standard InChI is InChI=1S/C15H18N2O6S2/c1-8-7-25-13(16-11(8)12(19)20)15(23-2,14(21)22)17-10(18)6-9-4-3-5-24-9/h3-5,13,16H,6-7H2,1-2H3,(H,17,18)(H,19,20)(H,21,22)/t13-,15-/m1/s1. The molecule has 0 spiro atoms. The van der Waals surface area contributed by atoms with Crippen molar-refractivity contribution in [2.75, 3.05) is 12.9 Å². The highest BCUT2D eigenvalue weighted by atomic mass is 32.2. The first kappa shape index (κ1) is 19.3. The van der Waals surface area contributed by atoms with Crippen molar-refractivity contribution in [1.29, 1.82) is 0 Å². The topological polar surface area (TPSA) is 125 Å². The van der Waals surface area contributed by atoms with Gasteiger partial charge in [-0.25, -0.2) is 9.59 Å². The summed E-state index contributed by atoms with van der Waals surface area (Å²) in [4.78, 5) is 36.3. The lowest BCUT2D eigenvalue weighted by molar-refractivity contribution is -0.171. The SMILES string of the molecule is CO[C@@](NC(=O)Cc1cccs1)(C(=O)O)[C@@H]1NC(C(=O)O)=C(C)CS1. The number of hydrogen-bond donors (Lipinski definition) is 4. The number of nitrogens with one attached hydrogen (secondary N) is 2. The summed E-state index contributed by atoms with van der Waals surface area (Å²) in [7, 11) is 1.16. The highest BCUT2D eigenvalue weighted by molar-refractivity contribution is 8.00. The van der Waals surface area contributed by atoms with Crippen LogP contribution in [0.15, 0.2) is 28.8 Å². The number of amides is 1. The van der Waals surface area contributed by atoms with E-state index in [9.17, 15) is 24.6 Å². The van der Waals surface area contributed by atoms with Gasteiger partial charge >= 0.3 is 11.9 Å². The fourth-order valence-electron chi connectivity index (χ4n) is 2.34. The van der Waals surface area contributed by atoms with Crippen molar-refractivity contribution in [3.8, 4) is 0 Å². The molecule has 4 N–H and O–H groups in total. The molecule has 1 aromatic rings. The summed E-state index contributed by atoms with van der Waals surface area (Å²) < 4.78 is 5.17. The van der Waals surface area contributed by atoms with Crippen molar-refractivity contribution < 1.29 is 29.3 Å². The van der Waals surface area contributed by atoms with Crippen molar-refractivity contribution in [3.63, 3.8) is 0 Å². The molecule has 1 amide bonds. The molecule has 0 saturated heterocycles. The molecule has 0 aromatic carbocycles. The molecule has 2 heterocycles. The Labute approximate surface area is 152 Å². The van der Waals surface area contributed by atoms with Crippen molar-refractivity contribution >= 4 is 40.9 Å². The molecule has 0 unspecified atom stereocenters. The van der Waals surface area contributed by atoms with Crippen LogP contribution in [0.25, 0.3) is 0 Å². The Bertz CT molecular complexity index is 703. The number of thiophene rings is 1. The molecule has 8 nitrogen and oxygen atoms in total. The van der Waals surface area contributed by atoms with Gasteiger partial charge in [0, 0.05) is 17.7 Å². The Morgan fingerprint density at radius 3 is 2.68 bits per heavy atom. The molecular formula is C15H18N2O6S2. The van der Waals surface area contributed by atoms with E-state index in [2.05, 4.69) is 10.6 Å². The monoisotopic (exact) mass is 386 g/mol. The Balaban J connectivity index is 2.24. The van der Waals surface area contributed by atoms with Gasteiger partial charge in [0.1, 0.15) is 11.1 Å². The molecule has 25 heavy (non-hydrogen) atoms. The van der Waals surface area contributed by atoms with E-state index in [1.807, 2.05) is 5.38 Å². The molecule has 0 fully saturated rings. The van der Waals surface area contributed by atoms with E-state index in [1.54, 1.807) is 19.1 Å². The first-order valence-electron chi connectivity index (χ1n) is 7.23. The molecule has 0 bridgehead atoms. The van der Waals surface area contributed by atoms with Gasteiger partial charge in [0.2, 0.25) is 5.91 Å². The van der Waals surface area contributed by atoms with Gasteiger partial charge in [-0.2, -0.15) is 0 Å². The van der Waals surface area contributed by atoms with Crippen LogP contribution in [0.1, 0.15) is 11.8 Å². The number of carbonyl (C=O) groups excluding carboxylic acids is 1. The van der Waals surface area contributed by atoms with Gasteiger partial charge < -0.3 is 25.6 Å². The first-order chi connectivity index (χ1) is 11.8. The molecule has 0 saturated carbocycles. The van der Waals surface area contributed by atoms with Crippen LogP contribution in [0.5, 0.6) is 0 Å². The molecule has 2 atom stereocenters. The molecule has 1 aromatic heterocycles. The van der Waals surface area contributed by atoms with Crippen LogP contribution in [0.3, 0.4) is 0 Å². The maximum absolute atomic E-state index is 12.3. The summed E-state index contributed by atoms with van der Waals surface area (Å²) in [5.74, 6) is -2.83. The summed E-state index contributed by atoms with van der Waals surface area (Å²) >= 11 is 2.53.